The van der Waals surface area contributed by atoms with Gasteiger partial charge in [0.25, 0.3) is 0 Å². The van der Waals surface area contributed by atoms with Crippen molar-refractivity contribution in [3.63, 3.8) is 0 Å². The van der Waals surface area contributed by atoms with Gasteiger partial charge in [-0.1, -0.05) is 20.8 Å². The first-order chi connectivity index (χ1) is 7.16. The highest BCUT2D eigenvalue weighted by Crippen LogP contribution is 2.41. The Balaban J connectivity index is 2.53. The van der Waals surface area contributed by atoms with Gasteiger partial charge in [0.2, 0.25) is 0 Å². The summed E-state index contributed by atoms with van der Waals surface area (Å²) < 4.78 is 36.4. The van der Waals surface area contributed by atoms with Gasteiger partial charge in [0, 0.05) is 12.0 Å². The first kappa shape index (κ1) is 13.8. The lowest BCUT2D eigenvalue weighted by molar-refractivity contribution is -0.136. The standard InChI is InChI=1S/C12H22F3N/c1-10(2,3)11(7-5-9-16-11)6-4-8-12(13,14)15/h16H,4-9H2,1-3H3. The molecule has 0 aromatic carbocycles. The average Bonchev–Trinajstić information content (AvgIpc) is 2.50. The summed E-state index contributed by atoms with van der Waals surface area (Å²) in [5.74, 6) is 0. The normalized spacial score (nSPS) is 27.4. The van der Waals surface area contributed by atoms with Gasteiger partial charge in [-0.05, 0) is 37.6 Å². The average molecular weight is 237 g/mol. The summed E-state index contributed by atoms with van der Waals surface area (Å²) in [7, 11) is 0. The number of alkyl halides is 3. The Bertz CT molecular complexity index is 221. The summed E-state index contributed by atoms with van der Waals surface area (Å²) in [6, 6.07) is 0. The van der Waals surface area contributed by atoms with Crippen molar-refractivity contribution in [2.24, 2.45) is 5.41 Å². The zero-order chi connectivity index (χ0) is 12.4. The minimum Gasteiger partial charge on any atom is -0.311 e. The Morgan fingerprint density at radius 1 is 1.19 bits per heavy atom. The third-order valence-electron chi connectivity index (χ3n) is 3.74. The van der Waals surface area contributed by atoms with E-state index in [1.165, 1.54) is 0 Å². The maximum atomic E-state index is 12.1. The zero-order valence-electron chi connectivity index (χ0n) is 10.4. The largest absolute Gasteiger partial charge is 0.389 e. The van der Waals surface area contributed by atoms with Crippen molar-refractivity contribution in [1.82, 2.24) is 5.32 Å². The Hall–Kier alpha value is -0.250. The van der Waals surface area contributed by atoms with E-state index in [9.17, 15) is 13.2 Å². The first-order valence-electron chi connectivity index (χ1n) is 5.98. The quantitative estimate of drug-likeness (QED) is 0.785. The molecule has 1 aliphatic rings. The maximum absolute atomic E-state index is 12.1. The number of hydrogen-bond donors (Lipinski definition) is 1. The summed E-state index contributed by atoms with van der Waals surface area (Å²) in [4.78, 5) is 0. The molecule has 0 bridgehead atoms. The van der Waals surface area contributed by atoms with Crippen LogP contribution in [0.2, 0.25) is 0 Å². The van der Waals surface area contributed by atoms with E-state index in [0.29, 0.717) is 6.42 Å². The van der Waals surface area contributed by atoms with Gasteiger partial charge in [0.15, 0.2) is 0 Å². The Morgan fingerprint density at radius 2 is 1.81 bits per heavy atom. The van der Waals surface area contributed by atoms with Crippen molar-refractivity contribution < 1.29 is 13.2 Å². The molecule has 1 saturated heterocycles. The van der Waals surface area contributed by atoms with E-state index in [2.05, 4.69) is 26.1 Å². The SMILES string of the molecule is CC(C)(C)C1(CCCC(F)(F)F)CCCN1. The fourth-order valence-corrected chi connectivity index (χ4v) is 2.63. The molecule has 0 radical (unpaired) electrons. The minimum atomic E-state index is -4.02. The van der Waals surface area contributed by atoms with Gasteiger partial charge in [-0.3, -0.25) is 0 Å². The second-order valence-electron chi connectivity index (χ2n) is 5.83. The molecule has 1 N–H and O–H groups in total. The second-order valence-corrected chi connectivity index (χ2v) is 5.83. The van der Waals surface area contributed by atoms with Crippen LogP contribution in [0.5, 0.6) is 0 Å². The van der Waals surface area contributed by atoms with Crippen LogP contribution in [0.3, 0.4) is 0 Å². The summed E-state index contributed by atoms with van der Waals surface area (Å²) in [5.41, 5.74) is -0.0760. The molecule has 0 spiro atoms. The molecule has 1 heterocycles. The lowest BCUT2D eigenvalue weighted by Gasteiger charge is -2.42. The summed E-state index contributed by atoms with van der Waals surface area (Å²) in [5, 5.41) is 3.43. The molecule has 1 atom stereocenters. The van der Waals surface area contributed by atoms with Crippen molar-refractivity contribution in [1.29, 1.82) is 0 Å². The van der Waals surface area contributed by atoms with Gasteiger partial charge in [-0.2, -0.15) is 13.2 Å². The van der Waals surface area contributed by atoms with Crippen LogP contribution in [0.1, 0.15) is 52.9 Å². The predicted molar refractivity (Wildman–Crippen MR) is 59.3 cm³/mol. The van der Waals surface area contributed by atoms with Gasteiger partial charge in [-0.15, -0.1) is 0 Å². The predicted octanol–water partition coefficient (Wildman–Crippen LogP) is 3.89. The van der Waals surface area contributed by atoms with E-state index in [0.717, 1.165) is 19.4 Å². The summed E-state index contributed by atoms with van der Waals surface area (Å²) in [6.45, 7) is 7.26. The molecule has 4 heteroatoms. The molecule has 0 aromatic heterocycles. The minimum absolute atomic E-state index is 0.0229. The van der Waals surface area contributed by atoms with Gasteiger partial charge >= 0.3 is 6.18 Å². The lowest BCUT2D eigenvalue weighted by atomic mass is 9.70. The van der Waals surface area contributed by atoms with Gasteiger partial charge in [0.1, 0.15) is 0 Å². The third-order valence-corrected chi connectivity index (χ3v) is 3.74. The molecule has 16 heavy (non-hydrogen) atoms. The highest BCUT2D eigenvalue weighted by molar-refractivity contribution is 5.01. The van der Waals surface area contributed by atoms with Crippen molar-refractivity contribution in [3.8, 4) is 0 Å². The molecule has 0 aromatic rings. The first-order valence-corrected chi connectivity index (χ1v) is 5.98. The van der Waals surface area contributed by atoms with Crippen molar-refractivity contribution >= 4 is 0 Å². The van der Waals surface area contributed by atoms with Crippen LogP contribution >= 0.6 is 0 Å². The second kappa shape index (κ2) is 4.55. The monoisotopic (exact) mass is 237 g/mol. The fourth-order valence-electron chi connectivity index (χ4n) is 2.63. The molecule has 1 rings (SSSR count). The smallest absolute Gasteiger partial charge is 0.311 e. The van der Waals surface area contributed by atoms with Crippen LogP contribution in [0.25, 0.3) is 0 Å². The molecule has 1 fully saturated rings. The highest BCUT2D eigenvalue weighted by atomic mass is 19.4. The van der Waals surface area contributed by atoms with E-state index in [4.69, 9.17) is 0 Å². The van der Waals surface area contributed by atoms with Crippen LogP contribution in [-0.2, 0) is 0 Å². The maximum Gasteiger partial charge on any atom is 0.389 e. The van der Waals surface area contributed by atoms with Crippen LogP contribution in [0.4, 0.5) is 13.2 Å². The number of rotatable bonds is 3. The van der Waals surface area contributed by atoms with E-state index in [1.54, 1.807) is 0 Å². The number of hydrogen-bond acceptors (Lipinski definition) is 1. The van der Waals surface area contributed by atoms with Crippen molar-refractivity contribution in [2.75, 3.05) is 6.54 Å². The summed E-state index contributed by atoms with van der Waals surface area (Å²) in [6.07, 6.45) is -1.76. The molecule has 0 saturated carbocycles. The lowest BCUT2D eigenvalue weighted by Crippen LogP contribution is -2.50. The molecule has 1 aliphatic heterocycles. The molecular weight excluding hydrogens is 215 g/mol. The van der Waals surface area contributed by atoms with Gasteiger partial charge in [-0.25, -0.2) is 0 Å². The molecule has 0 aliphatic carbocycles. The fraction of sp³-hybridized carbons (Fsp3) is 1.00. The molecule has 96 valence electrons. The van der Waals surface area contributed by atoms with Gasteiger partial charge in [0.05, 0.1) is 0 Å². The molecule has 1 nitrogen and oxygen atoms in total. The van der Waals surface area contributed by atoms with E-state index < -0.39 is 12.6 Å². The highest BCUT2D eigenvalue weighted by Gasteiger charge is 2.43. The van der Waals surface area contributed by atoms with Crippen LogP contribution in [-0.4, -0.2) is 18.3 Å². The zero-order valence-corrected chi connectivity index (χ0v) is 10.4. The number of nitrogens with one attached hydrogen (secondary N) is 1. The van der Waals surface area contributed by atoms with Crippen LogP contribution in [0.15, 0.2) is 0 Å². The Morgan fingerprint density at radius 3 is 2.19 bits per heavy atom. The number of halogens is 3. The van der Waals surface area contributed by atoms with Gasteiger partial charge < -0.3 is 5.32 Å². The van der Waals surface area contributed by atoms with Crippen molar-refractivity contribution in [3.05, 3.63) is 0 Å². The van der Waals surface area contributed by atoms with E-state index in [-0.39, 0.29) is 17.4 Å². The Labute approximate surface area is 95.8 Å². The molecule has 0 amide bonds. The van der Waals surface area contributed by atoms with E-state index in [1.807, 2.05) is 0 Å². The summed E-state index contributed by atoms with van der Waals surface area (Å²) >= 11 is 0. The topological polar surface area (TPSA) is 12.0 Å². The molecule has 1 unspecified atom stereocenters. The van der Waals surface area contributed by atoms with Crippen LogP contribution < -0.4 is 5.32 Å². The third kappa shape index (κ3) is 3.37. The Kier molecular flexibility index (Phi) is 3.93. The molecular formula is C12H22F3N. The van der Waals surface area contributed by atoms with Crippen molar-refractivity contribution in [2.45, 2.75) is 64.6 Å². The van der Waals surface area contributed by atoms with E-state index >= 15 is 0 Å². The van der Waals surface area contributed by atoms with Crippen LogP contribution in [0, 0.1) is 5.41 Å².